The molecule has 0 fully saturated rings. The quantitative estimate of drug-likeness (QED) is 0.848. The Morgan fingerprint density at radius 2 is 2.12 bits per heavy atom. The molecule has 1 rings (SSSR count). The van der Waals surface area contributed by atoms with E-state index in [2.05, 4.69) is 44.0 Å². The second-order valence-electron chi connectivity index (χ2n) is 4.62. The molecule has 0 radical (unpaired) electrons. The summed E-state index contributed by atoms with van der Waals surface area (Å²) < 4.78 is 0. The van der Waals surface area contributed by atoms with Crippen LogP contribution < -0.4 is 0 Å². The van der Waals surface area contributed by atoms with Crippen LogP contribution in [0.15, 0.2) is 11.4 Å². The fourth-order valence-corrected chi connectivity index (χ4v) is 3.09. The highest BCUT2D eigenvalue weighted by Crippen LogP contribution is 2.29. The van der Waals surface area contributed by atoms with Crippen LogP contribution in [-0.4, -0.2) is 28.6 Å². The van der Waals surface area contributed by atoms with Crippen molar-refractivity contribution >= 4 is 17.3 Å². The molecule has 0 aliphatic carbocycles. The van der Waals surface area contributed by atoms with Gasteiger partial charge in [0.15, 0.2) is 0 Å². The minimum absolute atomic E-state index is 0.201. The van der Waals surface area contributed by atoms with E-state index in [1.807, 2.05) is 0 Å². The van der Waals surface area contributed by atoms with E-state index in [1.54, 1.807) is 11.3 Å². The van der Waals surface area contributed by atoms with E-state index in [1.165, 1.54) is 10.4 Å². The molecule has 3 nitrogen and oxygen atoms in total. The predicted octanol–water partition coefficient (Wildman–Crippen LogP) is 3.30. The zero-order valence-corrected chi connectivity index (χ0v) is 11.8. The van der Waals surface area contributed by atoms with Gasteiger partial charge in [0.25, 0.3) is 0 Å². The van der Waals surface area contributed by atoms with E-state index in [4.69, 9.17) is 5.11 Å². The molecule has 0 aliphatic heterocycles. The molecule has 0 amide bonds. The van der Waals surface area contributed by atoms with Crippen molar-refractivity contribution in [3.63, 3.8) is 0 Å². The summed E-state index contributed by atoms with van der Waals surface area (Å²) in [5.74, 6) is -0.731. The molecule has 1 aromatic rings. The van der Waals surface area contributed by atoms with Crippen molar-refractivity contribution < 1.29 is 9.90 Å². The van der Waals surface area contributed by atoms with Gasteiger partial charge in [-0.15, -0.1) is 11.3 Å². The predicted molar refractivity (Wildman–Crippen MR) is 71.6 cm³/mol. The first-order valence-electron chi connectivity index (χ1n) is 5.95. The Hall–Kier alpha value is -0.870. The van der Waals surface area contributed by atoms with Crippen molar-refractivity contribution in [1.29, 1.82) is 0 Å². The summed E-state index contributed by atoms with van der Waals surface area (Å²) in [6.45, 7) is 9.09. The molecule has 4 heteroatoms. The van der Waals surface area contributed by atoms with Crippen molar-refractivity contribution in [3.05, 3.63) is 21.9 Å². The van der Waals surface area contributed by atoms with Gasteiger partial charge in [-0.25, -0.2) is 0 Å². The number of nitrogens with zero attached hydrogens (tertiary/aromatic N) is 1. The van der Waals surface area contributed by atoms with E-state index in [0.717, 1.165) is 0 Å². The van der Waals surface area contributed by atoms with Gasteiger partial charge in [-0.3, -0.25) is 9.69 Å². The molecule has 1 heterocycles. The van der Waals surface area contributed by atoms with Crippen LogP contribution in [0.25, 0.3) is 0 Å². The Morgan fingerprint density at radius 1 is 1.47 bits per heavy atom. The lowest BCUT2D eigenvalue weighted by atomic mass is 10.1. The van der Waals surface area contributed by atoms with E-state index >= 15 is 0 Å². The zero-order chi connectivity index (χ0) is 13.0. The highest BCUT2D eigenvalue weighted by Gasteiger charge is 2.21. The van der Waals surface area contributed by atoms with Gasteiger partial charge in [0.05, 0.1) is 6.42 Å². The first-order valence-corrected chi connectivity index (χ1v) is 6.83. The fourth-order valence-electron chi connectivity index (χ4n) is 2.09. The average molecular weight is 255 g/mol. The first-order chi connectivity index (χ1) is 7.93. The molecule has 96 valence electrons. The van der Waals surface area contributed by atoms with Crippen molar-refractivity contribution in [3.8, 4) is 0 Å². The maximum absolute atomic E-state index is 10.7. The third kappa shape index (κ3) is 3.82. The Labute approximate surface area is 107 Å². The molecule has 17 heavy (non-hydrogen) atoms. The van der Waals surface area contributed by atoms with Crippen molar-refractivity contribution in [2.75, 3.05) is 6.54 Å². The average Bonchev–Trinajstić information content (AvgIpc) is 2.63. The first kappa shape index (κ1) is 14.2. The molecule has 1 atom stereocenters. The smallest absolute Gasteiger partial charge is 0.304 e. The fraction of sp³-hybridized carbons (Fsp3) is 0.615. The van der Waals surface area contributed by atoms with Gasteiger partial charge in [0, 0.05) is 23.5 Å². The molecular formula is C13H21NO2S. The van der Waals surface area contributed by atoms with Crippen LogP contribution in [0.1, 0.15) is 43.7 Å². The summed E-state index contributed by atoms with van der Waals surface area (Å²) in [5.41, 5.74) is 1.29. The number of carboxylic acids is 1. The molecule has 1 aromatic heterocycles. The SMILES string of the molecule is Cc1ccsc1C(C)N(CCC(=O)O)C(C)C. The van der Waals surface area contributed by atoms with Crippen LogP contribution in [0.2, 0.25) is 0 Å². The van der Waals surface area contributed by atoms with Crippen LogP contribution in [0.3, 0.4) is 0 Å². The number of carboxylic acid groups (broad SMARTS) is 1. The van der Waals surface area contributed by atoms with E-state index in [0.29, 0.717) is 12.6 Å². The summed E-state index contributed by atoms with van der Waals surface area (Å²) in [6, 6.07) is 2.76. The number of thiophene rings is 1. The Kier molecular flexibility index (Phi) is 5.15. The number of aliphatic carboxylic acids is 1. The van der Waals surface area contributed by atoms with Gasteiger partial charge in [-0.1, -0.05) is 0 Å². The summed E-state index contributed by atoms with van der Waals surface area (Å²) >= 11 is 1.75. The second kappa shape index (κ2) is 6.17. The standard InChI is InChI=1S/C13H21NO2S/c1-9(2)14(7-5-12(15)16)11(4)13-10(3)6-8-17-13/h6,8-9,11H,5,7H2,1-4H3,(H,15,16). The third-order valence-electron chi connectivity index (χ3n) is 3.03. The zero-order valence-electron chi connectivity index (χ0n) is 10.9. The van der Waals surface area contributed by atoms with Gasteiger partial charge < -0.3 is 5.11 Å². The van der Waals surface area contributed by atoms with Crippen molar-refractivity contribution in [1.82, 2.24) is 4.90 Å². The topological polar surface area (TPSA) is 40.5 Å². The summed E-state index contributed by atoms with van der Waals surface area (Å²) in [4.78, 5) is 14.3. The van der Waals surface area contributed by atoms with Crippen molar-refractivity contribution in [2.24, 2.45) is 0 Å². The molecule has 0 aromatic carbocycles. The van der Waals surface area contributed by atoms with Crippen LogP contribution in [0.5, 0.6) is 0 Å². The van der Waals surface area contributed by atoms with E-state index in [-0.39, 0.29) is 12.5 Å². The maximum atomic E-state index is 10.7. The maximum Gasteiger partial charge on any atom is 0.304 e. The Bertz CT molecular complexity index is 373. The molecule has 1 unspecified atom stereocenters. The minimum atomic E-state index is -0.731. The summed E-state index contributed by atoms with van der Waals surface area (Å²) in [7, 11) is 0. The largest absolute Gasteiger partial charge is 0.481 e. The van der Waals surface area contributed by atoms with E-state index in [9.17, 15) is 4.79 Å². The Balaban J connectivity index is 2.77. The number of aryl methyl sites for hydroxylation is 1. The molecule has 0 bridgehead atoms. The Morgan fingerprint density at radius 3 is 2.53 bits per heavy atom. The lowest BCUT2D eigenvalue weighted by molar-refractivity contribution is -0.137. The molecule has 0 aliphatic rings. The lowest BCUT2D eigenvalue weighted by Gasteiger charge is -2.32. The van der Waals surface area contributed by atoms with Crippen LogP contribution >= 0.6 is 11.3 Å². The van der Waals surface area contributed by atoms with Crippen LogP contribution in [-0.2, 0) is 4.79 Å². The summed E-state index contributed by atoms with van der Waals surface area (Å²) in [5, 5.41) is 10.9. The normalized spacial score (nSPS) is 13.3. The lowest BCUT2D eigenvalue weighted by Crippen LogP contribution is -2.35. The van der Waals surface area contributed by atoms with Gasteiger partial charge >= 0.3 is 5.97 Å². The van der Waals surface area contributed by atoms with E-state index < -0.39 is 5.97 Å². The monoisotopic (exact) mass is 255 g/mol. The minimum Gasteiger partial charge on any atom is -0.481 e. The summed E-state index contributed by atoms with van der Waals surface area (Å²) in [6.07, 6.45) is 0.201. The number of carbonyl (C=O) groups is 1. The van der Waals surface area contributed by atoms with Crippen LogP contribution in [0.4, 0.5) is 0 Å². The molecule has 0 saturated carbocycles. The number of hydrogen-bond acceptors (Lipinski definition) is 3. The second-order valence-corrected chi connectivity index (χ2v) is 5.57. The number of hydrogen-bond donors (Lipinski definition) is 1. The highest BCUT2D eigenvalue weighted by atomic mass is 32.1. The molecular weight excluding hydrogens is 234 g/mol. The molecule has 0 saturated heterocycles. The molecule has 0 spiro atoms. The third-order valence-corrected chi connectivity index (χ3v) is 4.21. The van der Waals surface area contributed by atoms with Crippen LogP contribution in [0, 0.1) is 6.92 Å². The number of rotatable bonds is 6. The highest BCUT2D eigenvalue weighted by molar-refractivity contribution is 7.10. The van der Waals surface area contributed by atoms with Gasteiger partial charge in [-0.05, 0) is 44.7 Å². The van der Waals surface area contributed by atoms with Gasteiger partial charge in [-0.2, -0.15) is 0 Å². The molecule has 1 N–H and O–H groups in total. The van der Waals surface area contributed by atoms with Gasteiger partial charge in [0.1, 0.15) is 0 Å². The van der Waals surface area contributed by atoms with Crippen molar-refractivity contribution in [2.45, 2.75) is 46.2 Å². The van der Waals surface area contributed by atoms with Gasteiger partial charge in [0.2, 0.25) is 0 Å².